The first-order valence-corrected chi connectivity index (χ1v) is 9.20. The molecule has 26 heavy (non-hydrogen) atoms. The Kier molecular flexibility index (Phi) is 5.67. The number of hydrogen-bond donors (Lipinski definition) is 1. The lowest BCUT2D eigenvalue weighted by Crippen LogP contribution is -1.91. The van der Waals surface area contributed by atoms with Crippen molar-refractivity contribution in [2.45, 2.75) is 13.8 Å². The Bertz CT molecular complexity index is 935. The van der Waals surface area contributed by atoms with Gasteiger partial charge in [0.15, 0.2) is 0 Å². The highest BCUT2D eigenvalue weighted by Crippen LogP contribution is 2.27. The Morgan fingerprint density at radius 1 is 1.19 bits per heavy atom. The van der Waals surface area contributed by atoms with Gasteiger partial charge in [-0.15, -0.1) is 11.3 Å². The molecule has 0 radical (unpaired) electrons. The van der Waals surface area contributed by atoms with Crippen molar-refractivity contribution in [2.24, 2.45) is 0 Å². The van der Waals surface area contributed by atoms with Gasteiger partial charge in [0.1, 0.15) is 22.4 Å². The summed E-state index contributed by atoms with van der Waals surface area (Å²) in [5, 5.41) is 15.3. The molecular formula is C21H19N3OS. The van der Waals surface area contributed by atoms with Gasteiger partial charge in [-0.25, -0.2) is 4.98 Å². The SMILES string of the molecule is CCOc1ccc(-c2csc(C(C#N)=CNc3ccc(C)cc3)n2)cc1. The van der Waals surface area contributed by atoms with Crippen LogP contribution in [0.25, 0.3) is 16.8 Å². The molecule has 0 fully saturated rings. The normalized spacial score (nSPS) is 11.0. The van der Waals surface area contributed by atoms with Gasteiger partial charge in [-0.1, -0.05) is 17.7 Å². The molecule has 0 saturated heterocycles. The minimum atomic E-state index is 0.507. The van der Waals surface area contributed by atoms with Crippen LogP contribution in [0.4, 0.5) is 5.69 Å². The van der Waals surface area contributed by atoms with Crippen LogP contribution in [0.3, 0.4) is 0 Å². The summed E-state index contributed by atoms with van der Waals surface area (Å²) in [5.74, 6) is 0.839. The highest BCUT2D eigenvalue weighted by atomic mass is 32.1. The van der Waals surface area contributed by atoms with Gasteiger partial charge in [-0.3, -0.25) is 0 Å². The predicted octanol–water partition coefficient (Wildman–Crippen LogP) is 5.49. The third-order valence-corrected chi connectivity index (χ3v) is 4.63. The number of aromatic nitrogens is 1. The molecule has 4 nitrogen and oxygen atoms in total. The summed E-state index contributed by atoms with van der Waals surface area (Å²) in [7, 11) is 0. The molecule has 2 aromatic carbocycles. The monoisotopic (exact) mass is 361 g/mol. The summed E-state index contributed by atoms with van der Waals surface area (Å²) < 4.78 is 5.46. The van der Waals surface area contributed by atoms with Crippen LogP contribution in [0.1, 0.15) is 17.5 Å². The summed E-state index contributed by atoms with van der Waals surface area (Å²) in [6.07, 6.45) is 1.70. The minimum Gasteiger partial charge on any atom is -0.494 e. The first-order chi connectivity index (χ1) is 12.7. The highest BCUT2D eigenvalue weighted by molar-refractivity contribution is 7.11. The van der Waals surface area contributed by atoms with Crippen molar-refractivity contribution in [1.29, 1.82) is 5.26 Å². The second kappa shape index (κ2) is 8.32. The molecular weight excluding hydrogens is 342 g/mol. The van der Waals surface area contributed by atoms with Gasteiger partial charge in [-0.05, 0) is 50.2 Å². The zero-order chi connectivity index (χ0) is 18.4. The molecule has 5 heteroatoms. The Labute approximate surface area is 157 Å². The molecule has 0 spiro atoms. The summed E-state index contributed by atoms with van der Waals surface area (Å²) in [4.78, 5) is 4.60. The van der Waals surface area contributed by atoms with Crippen LogP contribution < -0.4 is 10.1 Å². The van der Waals surface area contributed by atoms with E-state index < -0.39 is 0 Å². The number of nitrogens with zero attached hydrogens (tertiary/aromatic N) is 2. The zero-order valence-electron chi connectivity index (χ0n) is 14.7. The van der Waals surface area contributed by atoms with Crippen LogP contribution in [-0.4, -0.2) is 11.6 Å². The number of nitriles is 1. The summed E-state index contributed by atoms with van der Waals surface area (Å²) in [5.41, 5.74) is 4.49. The standard InChI is InChI=1S/C21H19N3OS/c1-3-25-19-10-6-16(7-11-19)20-14-26-21(24-20)17(12-22)13-23-18-8-4-15(2)5-9-18/h4-11,13-14,23H,3H2,1-2H3. The lowest BCUT2D eigenvalue weighted by atomic mass is 10.2. The number of rotatable bonds is 6. The van der Waals surface area contributed by atoms with E-state index in [-0.39, 0.29) is 0 Å². The molecule has 130 valence electrons. The smallest absolute Gasteiger partial charge is 0.136 e. The number of anilines is 1. The Balaban J connectivity index is 1.77. The van der Waals surface area contributed by atoms with E-state index in [4.69, 9.17) is 4.74 Å². The van der Waals surface area contributed by atoms with Gasteiger partial charge in [0.05, 0.1) is 12.3 Å². The molecule has 0 aliphatic rings. The number of benzene rings is 2. The predicted molar refractivity (Wildman–Crippen MR) is 107 cm³/mol. The number of aryl methyl sites for hydroxylation is 1. The van der Waals surface area contributed by atoms with Crippen LogP contribution in [0, 0.1) is 18.3 Å². The van der Waals surface area contributed by atoms with Gasteiger partial charge in [0, 0.05) is 22.8 Å². The van der Waals surface area contributed by atoms with Crippen molar-refractivity contribution in [1.82, 2.24) is 4.98 Å². The van der Waals surface area contributed by atoms with Crippen LogP contribution >= 0.6 is 11.3 Å². The topological polar surface area (TPSA) is 57.9 Å². The molecule has 0 amide bonds. The molecule has 0 aliphatic heterocycles. The fourth-order valence-electron chi connectivity index (χ4n) is 2.37. The van der Waals surface area contributed by atoms with E-state index in [2.05, 4.69) is 16.4 Å². The van der Waals surface area contributed by atoms with Gasteiger partial charge in [-0.2, -0.15) is 5.26 Å². The average molecular weight is 361 g/mol. The largest absolute Gasteiger partial charge is 0.494 e. The number of allylic oxidation sites excluding steroid dienone is 1. The van der Waals surface area contributed by atoms with Crippen LogP contribution in [0.5, 0.6) is 5.75 Å². The number of nitrogens with one attached hydrogen (secondary N) is 1. The van der Waals surface area contributed by atoms with Gasteiger partial charge >= 0.3 is 0 Å². The lowest BCUT2D eigenvalue weighted by Gasteiger charge is -2.03. The average Bonchev–Trinajstić information content (AvgIpc) is 3.15. The quantitative estimate of drug-likeness (QED) is 0.590. The molecule has 0 unspecified atom stereocenters. The Hall–Kier alpha value is -3.10. The van der Waals surface area contributed by atoms with Crippen LogP contribution in [-0.2, 0) is 0 Å². The fraction of sp³-hybridized carbons (Fsp3) is 0.143. The van der Waals surface area contributed by atoms with Crippen LogP contribution in [0.2, 0.25) is 0 Å². The van der Waals surface area contributed by atoms with Crippen molar-refractivity contribution in [3.05, 3.63) is 70.7 Å². The van der Waals surface area contributed by atoms with Gasteiger partial charge < -0.3 is 10.1 Å². The lowest BCUT2D eigenvalue weighted by molar-refractivity contribution is 0.340. The molecule has 1 heterocycles. The molecule has 0 saturated carbocycles. The number of ether oxygens (including phenoxy) is 1. The van der Waals surface area contributed by atoms with Gasteiger partial charge in [0.2, 0.25) is 0 Å². The number of thiazole rings is 1. The van der Waals surface area contributed by atoms with Gasteiger partial charge in [0.25, 0.3) is 0 Å². The molecule has 3 aromatic rings. The van der Waals surface area contributed by atoms with Crippen molar-refractivity contribution in [3.8, 4) is 23.1 Å². The summed E-state index contributed by atoms with van der Waals surface area (Å²) in [6, 6.07) is 18.0. The van der Waals surface area contributed by atoms with Crippen LogP contribution in [0.15, 0.2) is 60.1 Å². The minimum absolute atomic E-state index is 0.507. The first kappa shape index (κ1) is 17.7. The molecule has 0 atom stereocenters. The second-order valence-electron chi connectivity index (χ2n) is 5.68. The fourth-order valence-corrected chi connectivity index (χ4v) is 3.16. The third-order valence-electron chi connectivity index (χ3n) is 3.75. The maximum absolute atomic E-state index is 9.47. The maximum Gasteiger partial charge on any atom is 0.136 e. The molecule has 0 bridgehead atoms. The highest BCUT2D eigenvalue weighted by Gasteiger charge is 2.09. The van der Waals surface area contributed by atoms with E-state index in [0.29, 0.717) is 17.2 Å². The Morgan fingerprint density at radius 2 is 1.92 bits per heavy atom. The summed E-state index contributed by atoms with van der Waals surface area (Å²) >= 11 is 1.46. The molecule has 1 N–H and O–H groups in total. The third kappa shape index (κ3) is 4.29. The van der Waals surface area contributed by atoms with Crippen molar-refractivity contribution < 1.29 is 4.74 Å². The van der Waals surface area contributed by atoms with E-state index >= 15 is 0 Å². The van der Waals surface area contributed by atoms with E-state index in [1.807, 2.05) is 67.8 Å². The molecule has 0 aliphatic carbocycles. The maximum atomic E-state index is 9.47. The van der Waals surface area contributed by atoms with E-state index in [1.54, 1.807) is 6.20 Å². The zero-order valence-corrected chi connectivity index (χ0v) is 15.5. The van der Waals surface area contributed by atoms with E-state index in [1.165, 1.54) is 16.9 Å². The van der Waals surface area contributed by atoms with E-state index in [0.717, 1.165) is 22.7 Å². The van der Waals surface area contributed by atoms with Crippen molar-refractivity contribution >= 4 is 22.6 Å². The van der Waals surface area contributed by atoms with Crippen molar-refractivity contribution in [2.75, 3.05) is 11.9 Å². The Morgan fingerprint density at radius 3 is 2.58 bits per heavy atom. The summed E-state index contributed by atoms with van der Waals surface area (Å²) in [6.45, 7) is 4.64. The van der Waals surface area contributed by atoms with Crippen molar-refractivity contribution in [3.63, 3.8) is 0 Å². The molecule has 1 aromatic heterocycles. The number of hydrogen-bond acceptors (Lipinski definition) is 5. The van der Waals surface area contributed by atoms with E-state index in [9.17, 15) is 5.26 Å². The second-order valence-corrected chi connectivity index (χ2v) is 6.53. The molecule has 3 rings (SSSR count). The first-order valence-electron chi connectivity index (χ1n) is 8.32.